The second-order valence-electron chi connectivity index (χ2n) is 4.33. The number of nitrogens with zero attached hydrogens (tertiary/aromatic N) is 1. The quantitative estimate of drug-likeness (QED) is 0.918. The third-order valence-electron chi connectivity index (χ3n) is 3.11. The molecule has 0 aliphatic carbocycles. The first-order valence-electron chi connectivity index (χ1n) is 5.36. The summed E-state index contributed by atoms with van der Waals surface area (Å²) in [7, 11) is 0. The topological polar surface area (TPSA) is 42.4 Å². The molecular formula is C11H17BrN2O. The van der Waals surface area contributed by atoms with Crippen molar-refractivity contribution in [3.05, 3.63) is 22.6 Å². The van der Waals surface area contributed by atoms with Gasteiger partial charge in [-0.15, -0.1) is 0 Å². The summed E-state index contributed by atoms with van der Waals surface area (Å²) in [4.78, 5) is 2.40. The van der Waals surface area contributed by atoms with E-state index in [4.69, 9.17) is 10.2 Å². The van der Waals surface area contributed by atoms with E-state index in [1.807, 2.05) is 6.07 Å². The van der Waals surface area contributed by atoms with E-state index in [2.05, 4.69) is 27.8 Å². The van der Waals surface area contributed by atoms with E-state index < -0.39 is 0 Å². The summed E-state index contributed by atoms with van der Waals surface area (Å²) in [6.45, 7) is 5.19. The highest BCUT2D eigenvalue weighted by molar-refractivity contribution is 9.10. The minimum Gasteiger partial charge on any atom is -0.467 e. The molecule has 2 rings (SSSR count). The van der Waals surface area contributed by atoms with Crippen LogP contribution in [-0.2, 0) is 6.54 Å². The van der Waals surface area contributed by atoms with Crippen LogP contribution >= 0.6 is 15.9 Å². The number of likely N-dealkylation sites (tertiary alicyclic amines) is 1. The molecule has 0 amide bonds. The Morgan fingerprint density at radius 1 is 1.73 bits per heavy atom. The first-order valence-corrected chi connectivity index (χ1v) is 6.16. The molecule has 0 radical (unpaired) electrons. The average Bonchev–Trinajstić information content (AvgIpc) is 2.77. The van der Waals surface area contributed by atoms with Crippen LogP contribution in [0.3, 0.4) is 0 Å². The SMILES string of the molecule is CC(N)C1CCN(Cc2occc2Br)C1. The van der Waals surface area contributed by atoms with Gasteiger partial charge in [-0.2, -0.15) is 0 Å². The Kier molecular flexibility index (Phi) is 3.49. The molecule has 1 saturated heterocycles. The van der Waals surface area contributed by atoms with Crippen LogP contribution in [0.5, 0.6) is 0 Å². The minimum atomic E-state index is 0.301. The number of nitrogens with two attached hydrogens (primary N) is 1. The van der Waals surface area contributed by atoms with E-state index >= 15 is 0 Å². The molecule has 84 valence electrons. The smallest absolute Gasteiger partial charge is 0.131 e. The van der Waals surface area contributed by atoms with Crippen LogP contribution in [-0.4, -0.2) is 24.0 Å². The molecule has 1 aromatic heterocycles. The largest absolute Gasteiger partial charge is 0.467 e. The maximum Gasteiger partial charge on any atom is 0.131 e. The highest BCUT2D eigenvalue weighted by Crippen LogP contribution is 2.24. The number of furan rings is 1. The summed E-state index contributed by atoms with van der Waals surface area (Å²) in [5.41, 5.74) is 5.90. The summed E-state index contributed by atoms with van der Waals surface area (Å²) in [5.74, 6) is 1.65. The van der Waals surface area contributed by atoms with Gasteiger partial charge in [-0.25, -0.2) is 0 Å². The Bertz CT molecular complexity index is 324. The minimum absolute atomic E-state index is 0.301. The molecule has 0 saturated carbocycles. The molecule has 1 aliphatic heterocycles. The summed E-state index contributed by atoms with van der Waals surface area (Å²) in [6, 6.07) is 2.24. The van der Waals surface area contributed by atoms with Gasteiger partial charge in [0.2, 0.25) is 0 Å². The van der Waals surface area contributed by atoms with Gasteiger partial charge >= 0.3 is 0 Å². The Morgan fingerprint density at radius 3 is 3.07 bits per heavy atom. The molecule has 2 heterocycles. The fourth-order valence-corrected chi connectivity index (χ4v) is 2.40. The molecule has 0 spiro atoms. The highest BCUT2D eigenvalue weighted by Gasteiger charge is 2.25. The molecule has 0 aromatic carbocycles. The van der Waals surface area contributed by atoms with Crippen LogP contribution < -0.4 is 5.73 Å². The Morgan fingerprint density at radius 2 is 2.53 bits per heavy atom. The predicted molar refractivity (Wildman–Crippen MR) is 63.4 cm³/mol. The maximum absolute atomic E-state index is 5.90. The maximum atomic E-state index is 5.90. The normalized spacial score (nSPS) is 24.6. The monoisotopic (exact) mass is 272 g/mol. The highest BCUT2D eigenvalue weighted by atomic mass is 79.9. The first-order chi connectivity index (χ1) is 7.16. The molecule has 2 atom stereocenters. The van der Waals surface area contributed by atoms with Crippen molar-refractivity contribution in [2.75, 3.05) is 13.1 Å². The molecule has 15 heavy (non-hydrogen) atoms. The van der Waals surface area contributed by atoms with E-state index in [0.29, 0.717) is 12.0 Å². The third kappa shape index (κ3) is 2.62. The first kappa shape index (κ1) is 11.2. The lowest BCUT2D eigenvalue weighted by atomic mass is 10.0. The fourth-order valence-electron chi connectivity index (χ4n) is 2.08. The van der Waals surface area contributed by atoms with Gasteiger partial charge in [-0.1, -0.05) is 0 Å². The lowest BCUT2D eigenvalue weighted by molar-refractivity contribution is 0.280. The summed E-state index contributed by atoms with van der Waals surface area (Å²) in [5, 5.41) is 0. The molecule has 1 fully saturated rings. The zero-order valence-electron chi connectivity index (χ0n) is 8.95. The molecule has 4 heteroatoms. The average molecular weight is 273 g/mol. The molecule has 3 nitrogen and oxygen atoms in total. The van der Waals surface area contributed by atoms with Gasteiger partial charge in [-0.3, -0.25) is 4.90 Å². The number of rotatable bonds is 3. The van der Waals surface area contributed by atoms with Crippen LogP contribution in [0.25, 0.3) is 0 Å². The van der Waals surface area contributed by atoms with Crippen LogP contribution in [0, 0.1) is 5.92 Å². The van der Waals surface area contributed by atoms with Gasteiger partial charge in [0.1, 0.15) is 5.76 Å². The standard InChI is InChI=1S/C11H17BrN2O/c1-8(13)9-2-4-14(6-9)7-11-10(12)3-5-15-11/h3,5,8-9H,2,4,6-7,13H2,1H3. The molecule has 2 unspecified atom stereocenters. The van der Waals surface area contributed by atoms with Crippen LogP contribution in [0.4, 0.5) is 0 Å². The van der Waals surface area contributed by atoms with E-state index in [1.165, 1.54) is 6.42 Å². The molecular weight excluding hydrogens is 256 g/mol. The zero-order chi connectivity index (χ0) is 10.8. The van der Waals surface area contributed by atoms with Crippen LogP contribution in [0.2, 0.25) is 0 Å². The van der Waals surface area contributed by atoms with Crippen molar-refractivity contribution in [1.82, 2.24) is 4.90 Å². The van der Waals surface area contributed by atoms with Gasteiger partial charge in [0.25, 0.3) is 0 Å². The van der Waals surface area contributed by atoms with Gasteiger partial charge in [0.05, 0.1) is 17.3 Å². The third-order valence-corrected chi connectivity index (χ3v) is 3.82. The number of halogens is 1. The molecule has 0 bridgehead atoms. The summed E-state index contributed by atoms with van der Waals surface area (Å²) >= 11 is 3.47. The second-order valence-corrected chi connectivity index (χ2v) is 5.19. The van der Waals surface area contributed by atoms with Crippen molar-refractivity contribution < 1.29 is 4.42 Å². The van der Waals surface area contributed by atoms with Crippen molar-refractivity contribution in [3.8, 4) is 0 Å². The lowest BCUT2D eigenvalue weighted by Gasteiger charge is -2.16. The van der Waals surface area contributed by atoms with E-state index in [0.717, 1.165) is 29.9 Å². The lowest BCUT2D eigenvalue weighted by Crippen LogP contribution is -2.29. The molecule has 1 aliphatic rings. The van der Waals surface area contributed by atoms with E-state index in [-0.39, 0.29) is 0 Å². The van der Waals surface area contributed by atoms with Gasteiger partial charge in [-0.05, 0) is 47.8 Å². The number of hydrogen-bond donors (Lipinski definition) is 1. The second kappa shape index (κ2) is 4.68. The molecule has 1 aromatic rings. The van der Waals surface area contributed by atoms with Crippen molar-refractivity contribution in [3.63, 3.8) is 0 Å². The van der Waals surface area contributed by atoms with Crippen molar-refractivity contribution in [1.29, 1.82) is 0 Å². The molecule has 2 N–H and O–H groups in total. The number of hydrogen-bond acceptors (Lipinski definition) is 3. The summed E-state index contributed by atoms with van der Waals surface area (Å²) < 4.78 is 6.46. The van der Waals surface area contributed by atoms with Crippen LogP contribution in [0.1, 0.15) is 19.1 Å². The Hall–Kier alpha value is -0.320. The van der Waals surface area contributed by atoms with Crippen molar-refractivity contribution in [2.45, 2.75) is 25.9 Å². The Balaban J connectivity index is 1.90. The predicted octanol–water partition coefficient (Wildman–Crippen LogP) is 2.21. The zero-order valence-corrected chi connectivity index (χ0v) is 10.5. The summed E-state index contributed by atoms with van der Waals surface area (Å²) in [6.07, 6.45) is 2.93. The van der Waals surface area contributed by atoms with Gasteiger partial charge in [0.15, 0.2) is 0 Å². The fraction of sp³-hybridized carbons (Fsp3) is 0.636. The van der Waals surface area contributed by atoms with E-state index in [1.54, 1.807) is 6.26 Å². The van der Waals surface area contributed by atoms with Crippen molar-refractivity contribution >= 4 is 15.9 Å². The van der Waals surface area contributed by atoms with Gasteiger partial charge in [0, 0.05) is 12.6 Å². The van der Waals surface area contributed by atoms with Gasteiger partial charge < -0.3 is 10.2 Å². The van der Waals surface area contributed by atoms with Crippen LogP contribution in [0.15, 0.2) is 21.2 Å². The Labute approximate surface area is 98.7 Å². The van der Waals surface area contributed by atoms with E-state index in [9.17, 15) is 0 Å². The van der Waals surface area contributed by atoms with Crippen molar-refractivity contribution in [2.24, 2.45) is 11.7 Å².